The van der Waals surface area contributed by atoms with Crippen LogP contribution in [0.15, 0.2) is 89.9 Å². The van der Waals surface area contributed by atoms with E-state index in [4.69, 9.17) is 0 Å². The van der Waals surface area contributed by atoms with Crippen LogP contribution in [-0.2, 0) is 6.54 Å². The molecule has 1 aliphatic heterocycles. The maximum Gasteiger partial charge on any atom is 0.172 e. The number of anilines is 1. The van der Waals surface area contributed by atoms with Crippen LogP contribution >= 0.6 is 10.7 Å². The summed E-state index contributed by atoms with van der Waals surface area (Å²) < 4.78 is 19.0. The van der Waals surface area contributed by atoms with E-state index in [1.807, 2.05) is 78.4 Å². The Bertz CT molecular complexity index is 945. The third-order valence-electron chi connectivity index (χ3n) is 3.97. The zero-order valence-corrected chi connectivity index (χ0v) is 14.7. The molecular formula is C20H18FN3S. The molecule has 0 aliphatic carbocycles. The average Bonchev–Trinajstić information content (AvgIpc) is 3.19. The van der Waals surface area contributed by atoms with E-state index in [1.165, 1.54) is 0 Å². The van der Waals surface area contributed by atoms with Crippen LogP contribution in [0.4, 0.5) is 10.1 Å². The Hall–Kier alpha value is -2.66. The van der Waals surface area contributed by atoms with E-state index in [0.29, 0.717) is 6.54 Å². The number of nitrogens with zero attached hydrogens (tertiary/aromatic N) is 3. The number of benzene rings is 2. The van der Waals surface area contributed by atoms with E-state index in [2.05, 4.69) is 9.29 Å². The van der Waals surface area contributed by atoms with E-state index in [0.717, 1.165) is 22.0 Å². The van der Waals surface area contributed by atoms with Crippen molar-refractivity contribution in [2.24, 2.45) is 0 Å². The molecule has 1 aliphatic rings. The first-order valence-electron chi connectivity index (χ1n) is 8.08. The van der Waals surface area contributed by atoms with Gasteiger partial charge in [-0.1, -0.05) is 36.4 Å². The Morgan fingerprint density at radius 3 is 2.32 bits per heavy atom. The number of aromatic nitrogens is 2. The molecule has 0 bridgehead atoms. The minimum atomic E-state index is -0.764. The lowest BCUT2D eigenvalue weighted by Gasteiger charge is -2.27. The van der Waals surface area contributed by atoms with Gasteiger partial charge in [-0.3, -0.25) is 4.31 Å². The summed E-state index contributed by atoms with van der Waals surface area (Å²) in [6, 6.07) is 19.8. The summed E-state index contributed by atoms with van der Waals surface area (Å²) in [7, 11) is -0.764. The van der Waals surface area contributed by atoms with Crippen LogP contribution in [0.2, 0.25) is 0 Å². The van der Waals surface area contributed by atoms with Crippen molar-refractivity contribution in [1.82, 2.24) is 9.55 Å². The lowest BCUT2D eigenvalue weighted by atomic mass is 10.3. The minimum absolute atomic E-state index is 0.109. The van der Waals surface area contributed by atoms with Crippen molar-refractivity contribution >= 4 is 21.5 Å². The summed E-state index contributed by atoms with van der Waals surface area (Å²) in [4.78, 5) is 5.24. The van der Waals surface area contributed by atoms with Crippen LogP contribution < -0.4 is 4.31 Å². The molecule has 1 unspecified atom stereocenters. The third kappa shape index (κ3) is 3.15. The smallest absolute Gasteiger partial charge is 0.172 e. The molecule has 0 fully saturated rings. The van der Waals surface area contributed by atoms with Crippen molar-refractivity contribution in [3.05, 3.63) is 90.7 Å². The highest BCUT2D eigenvalue weighted by Gasteiger charge is 2.26. The average molecular weight is 351 g/mol. The van der Waals surface area contributed by atoms with Gasteiger partial charge in [0.05, 0.1) is 30.0 Å². The van der Waals surface area contributed by atoms with Crippen LogP contribution in [0, 0.1) is 6.92 Å². The molecule has 1 aromatic heterocycles. The fourth-order valence-corrected chi connectivity index (χ4v) is 4.86. The van der Waals surface area contributed by atoms with Gasteiger partial charge in [-0.15, -0.1) is 0 Å². The quantitative estimate of drug-likeness (QED) is 0.490. The molecule has 126 valence electrons. The molecule has 0 N–H and O–H groups in total. The predicted molar refractivity (Wildman–Crippen MR) is 102 cm³/mol. The molecule has 4 rings (SSSR count). The van der Waals surface area contributed by atoms with Gasteiger partial charge in [0.25, 0.3) is 0 Å². The number of hydrogen-bond donors (Lipinski definition) is 0. The van der Waals surface area contributed by atoms with Gasteiger partial charge < -0.3 is 4.57 Å². The van der Waals surface area contributed by atoms with E-state index >= 15 is 0 Å². The first-order valence-corrected chi connectivity index (χ1v) is 9.26. The second-order valence-electron chi connectivity index (χ2n) is 5.85. The molecule has 5 heteroatoms. The van der Waals surface area contributed by atoms with Crippen molar-refractivity contribution in [3.8, 4) is 0 Å². The van der Waals surface area contributed by atoms with Gasteiger partial charge >= 0.3 is 0 Å². The van der Waals surface area contributed by atoms with Gasteiger partial charge in [0.1, 0.15) is 0 Å². The highest BCUT2D eigenvalue weighted by molar-refractivity contribution is 8.17. The largest absolute Gasteiger partial charge is 0.331 e. The van der Waals surface area contributed by atoms with Crippen molar-refractivity contribution in [2.75, 3.05) is 4.31 Å². The van der Waals surface area contributed by atoms with Crippen LogP contribution in [0.3, 0.4) is 0 Å². The van der Waals surface area contributed by atoms with Gasteiger partial charge in [0.15, 0.2) is 5.12 Å². The van der Waals surface area contributed by atoms with Gasteiger partial charge in [-0.2, -0.15) is 4.39 Å². The first-order chi connectivity index (χ1) is 12.2. The van der Waals surface area contributed by atoms with Crippen molar-refractivity contribution in [2.45, 2.75) is 18.4 Å². The molecule has 0 saturated carbocycles. The van der Waals surface area contributed by atoms with Gasteiger partial charge in [-0.25, -0.2) is 4.98 Å². The fraction of sp³-hybridized carbons (Fsp3) is 0.100. The number of allylic oxidation sites excluding steroid dienone is 2. The zero-order chi connectivity index (χ0) is 17.2. The van der Waals surface area contributed by atoms with E-state index in [-0.39, 0.29) is 5.12 Å². The normalized spacial score (nSPS) is 17.0. The number of rotatable bonds is 4. The lowest BCUT2D eigenvalue weighted by molar-refractivity contribution is 0.774. The molecule has 0 amide bonds. The maximum atomic E-state index is 15.0. The maximum absolute atomic E-state index is 15.0. The number of imidazole rings is 1. The van der Waals surface area contributed by atoms with Crippen LogP contribution in [0.25, 0.3) is 0 Å². The van der Waals surface area contributed by atoms with Crippen molar-refractivity contribution < 1.29 is 4.39 Å². The second-order valence-corrected chi connectivity index (χ2v) is 7.65. The SMILES string of the molecule is Cc1cn(CC2=CC(F)=S(c3ccccc3)N2c2ccccc2)cn1. The summed E-state index contributed by atoms with van der Waals surface area (Å²) in [5.41, 5.74) is 2.87. The molecule has 3 aromatic rings. The summed E-state index contributed by atoms with van der Waals surface area (Å²) in [6.45, 7) is 2.54. The van der Waals surface area contributed by atoms with Crippen LogP contribution in [-0.4, -0.2) is 14.7 Å². The van der Waals surface area contributed by atoms with Gasteiger partial charge in [0.2, 0.25) is 0 Å². The van der Waals surface area contributed by atoms with Crippen LogP contribution in [0.1, 0.15) is 5.69 Å². The predicted octanol–water partition coefficient (Wildman–Crippen LogP) is 4.94. The Balaban J connectivity index is 1.76. The first kappa shape index (κ1) is 15.8. The van der Waals surface area contributed by atoms with E-state index in [9.17, 15) is 4.39 Å². The van der Waals surface area contributed by atoms with E-state index < -0.39 is 10.7 Å². The Morgan fingerprint density at radius 2 is 1.68 bits per heavy atom. The second kappa shape index (κ2) is 6.69. The number of para-hydroxylation sites is 1. The molecule has 1 atom stereocenters. The molecule has 2 aromatic carbocycles. The zero-order valence-electron chi connectivity index (χ0n) is 13.8. The Kier molecular flexibility index (Phi) is 4.24. The molecule has 0 saturated heterocycles. The molecule has 0 spiro atoms. The highest BCUT2D eigenvalue weighted by Crippen LogP contribution is 2.44. The Morgan fingerprint density at radius 1 is 1.00 bits per heavy atom. The molecule has 0 radical (unpaired) electrons. The fourth-order valence-electron chi connectivity index (χ4n) is 2.91. The third-order valence-corrected chi connectivity index (χ3v) is 5.99. The van der Waals surface area contributed by atoms with Crippen molar-refractivity contribution in [3.63, 3.8) is 0 Å². The monoisotopic (exact) mass is 351 g/mol. The standard InChI is InChI=1S/C20H18FN3S/c1-16-13-23(15-22-16)14-18-12-20(21)25(19-10-6-3-7-11-19)24(18)17-8-4-2-5-9-17/h2-13,15H,14H2,1H3. The number of halogens is 1. The molecule has 3 nitrogen and oxygen atoms in total. The molecule has 25 heavy (non-hydrogen) atoms. The number of hydrogen-bond acceptors (Lipinski definition) is 2. The van der Waals surface area contributed by atoms with Crippen molar-refractivity contribution in [1.29, 1.82) is 0 Å². The topological polar surface area (TPSA) is 21.1 Å². The molecule has 2 heterocycles. The summed E-state index contributed by atoms with van der Waals surface area (Å²) in [5.74, 6) is 0. The van der Waals surface area contributed by atoms with Crippen LogP contribution in [0.5, 0.6) is 0 Å². The summed E-state index contributed by atoms with van der Waals surface area (Å²) in [5, 5.41) is -0.109. The van der Waals surface area contributed by atoms with Gasteiger partial charge in [-0.05, 0) is 41.9 Å². The Labute approximate surface area is 149 Å². The van der Waals surface area contributed by atoms with Gasteiger partial charge in [0, 0.05) is 17.2 Å². The summed E-state index contributed by atoms with van der Waals surface area (Å²) in [6.07, 6.45) is 5.43. The lowest BCUT2D eigenvalue weighted by Crippen LogP contribution is -2.17. The minimum Gasteiger partial charge on any atom is -0.331 e. The highest BCUT2D eigenvalue weighted by atomic mass is 32.2. The van der Waals surface area contributed by atoms with E-state index in [1.54, 1.807) is 12.4 Å². The number of aryl methyl sites for hydroxylation is 1. The molecular weight excluding hydrogens is 333 g/mol. The summed E-state index contributed by atoms with van der Waals surface area (Å²) >= 11 is 0.